The van der Waals surface area contributed by atoms with Crippen LogP contribution in [0.25, 0.3) is 0 Å². The Hall–Kier alpha value is -2.14. The molecular weight excluding hydrogens is 332 g/mol. The number of nitrogens with zero attached hydrogens (tertiary/aromatic N) is 1. The van der Waals surface area contributed by atoms with Gasteiger partial charge in [0.1, 0.15) is 0 Å². The quantitative estimate of drug-likeness (QED) is 0.924. The van der Waals surface area contributed by atoms with Crippen molar-refractivity contribution >= 4 is 33.4 Å². The predicted molar refractivity (Wildman–Crippen MR) is 86.2 cm³/mol. The zero-order valence-electron chi connectivity index (χ0n) is 11.5. The molecule has 0 atom stereocenters. The molecular formula is C16H15BrN2O2. The number of benzene rings is 2. The number of rotatable bonds is 4. The fourth-order valence-corrected chi connectivity index (χ4v) is 2.22. The number of anilines is 1. The molecule has 0 spiro atoms. The Labute approximate surface area is 131 Å². The molecule has 2 amide bonds. The Morgan fingerprint density at radius 1 is 1.05 bits per heavy atom. The van der Waals surface area contributed by atoms with Crippen molar-refractivity contribution < 1.29 is 9.59 Å². The number of hydrogen-bond acceptors (Lipinski definition) is 2. The summed E-state index contributed by atoms with van der Waals surface area (Å²) in [4.78, 5) is 25.5. The van der Waals surface area contributed by atoms with E-state index >= 15 is 0 Å². The number of nitrogens with one attached hydrogen (secondary N) is 1. The topological polar surface area (TPSA) is 49.4 Å². The largest absolute Gasteiger partial charge is 0.332 e. The maximum absolute atomic E-state index is 12.1. The molecule has 2 rings (SSSR count). The first-order valence-corrected chi connectivity index (χ1v) is 7.22. The summed E-state index contributed by atoms with van der Waals surface area (Å²) < 4.78 is 0.801. The van der Waals surface area contributed by atoms with Gasteiger partial charge in [0.2, 0.25) is 5.91 Å². The van der Waals surface area contributed by atoms with Gasteiger partial charge in [0.15, 0.2) is 0 Å². The standard InChI is InChI=1S/C16H15BrN2O2/c1-19(16(21)12-7-3-2-4-8-12)11-15(20)18-14-10-6-5-9-13(14)17/h2-10H,11H2,1H3,(H,18,20). The van der Waals surface area contributed by atoms with Crippen molar-refractivity contribution in [2.75, 3.05) is 18.9 Å². The van der Waals surface area contributed by atoms with E-state index in [9.17, 15) is 9.59 Å². The Morgan fingerprint density at radius 3 is 2.33 bits per heavy atom. The Kier molecular flexibility index (Phi) is 5.11. The summed E-state index contributed by atoms with van der Waals surface area (Å²) in [7, 11) is 1.61. The normalized spacial score (nSPS) is 10.0. The molecule has 108 valence electrons. The lowest BCUT2D eigenvalue weighted by Crippen LogP contribution is -2.34. The molecule has 0 heterocycles. The summed E-state index contributed by atoms with van der Waals surface area (Å²) in [6.07, 6.45) is 0. The van der Waals surface area contributed by atoms with Crippen LogP contribution in [0, 0.1) is 0 Å². The molecule has 0 aliphatic heterocycles. The van der Waals surface area contributed by atoms with Crippen LogP contribution in [0.4, 0.5) is 5.69 Å². The second-order valence-electron chi connectivity index (χ2n) is 4.56. The minimum atomic E-state index is -0.242. The van der Waals surface area contributed by atoms with E-state index in [1.807, 2.05) is 24.3 Å². The van der Waals surface area contributed by atoms with E-state index < -0.39 is 0 Å². The van der Waals surface area contributed by atoms with Gasteiger partial charge in [0.05, 0.1) is 12.2 Å². The molecule has 2 aromatic rings. The van der Waals surface area contributed by atoms with Gasteiger partial charge in [-0.1, -0.05) is 30.3 Å². The maximum Gasteiger partial charge on any atom is 0.254 e. The lowest BCUT2D eigenvalue weighted by molar-refractivity contribution is -0.116. The van der Waals surface area contributed by atoms with Gasteiger partial charge in [-0.05, 0) is 40.2 Å². The molecule has 0 aliphatic carbocycles. The van der Waals surface area contributed by atoms with Gasteiger partial charge in [-0.15, -0.1) is 0 Å². The van der Waals surface area contributed by atoms with Crippen LogP contribution < -0.4 is 5.32 Å². The first-order chi connectivity index (χ1) is 10.1. The zero-order valence-corrected chi connectivity index (χ0v) is 13.1. The van der Waals surface area contributed by atoms with E-state index in [1.54, 1.807) is 37.4 Å². The minimum absolute atomic E-state index is 0.00490. The van der Waals surface area contributed by atoms with Crippen LogP contribution in [0.2, 0.25) is 0 Å². The summed E-state index contributed by atoms with van der Waals surface area (Å²) in [5.41, 5.74) is 1.25. The summed E-state index contributed by atoms with van der Waals surface area (Å²) in [5, 5.41) is 2.77. The molecule has 0 saturated carbocycles. The van der Waals surface area contributed by atoms with Crippen LogP contribution in [0.5, 0.6) is 0 Å². The number of hydrogen-bond donors (Lipinski definition) is 1. The van der Waals surface area contributed by atoms with Crippen molar-refractivity contribution in [1.82, 2.24) is 4.90 Å². The smallest absolute Gasteiger partial charge is 0.254 e. The zero-order chi connectivity index (χ0) is 15.2. The second-order valence-corrected chi connectivity index (χ2v) is 5.41. The average Bonchev–Trinajstić information content (AvgIpc) is 2.49. The Balaban J connectivity index is 1.97. The van der Waals surface area contributed by atoms with Gasteiger partial charge in [-0.25, -0.2) is 0 Å². The van der Waals surface area contributed by atoms with E-state index in [2.05, 4.69) is 21.2 Å². The molecule has 0 bridgehead atoms. The highest BCUT2D eigenvalue weighted by Crippen LogP contribution is 2.21. The highest BCUT2D eigenvalue weighted by Gasteiger charge is 2.15. The summed E-state index contributed by atoms with van der Waals surface area (Å²) >= 11 is 3.36. The third kappa shape index (κ3) is 4.16. The third-order valence-electron chi connectivity index (χ3n) is 2.90. The molecule has 0 aliphatic rings. The van der Waals surface area contributed by atoms with Gasteiger partial charge in [0, 0.05) is 17.1 Å². The van der Waals surface area contributed by atoms with Gasteiger partial charge in [-0.3, -0.25) is 9.59 Å². The second kappa shape index (κ2) is 7.04. The molecule has 4 nitrogen and oxygen atoms in total. The first-order valence-electron chi connectivity index (χ1n) is 6.43. The molecule has 0 aromatic heterocycles. The third-order valence-corrected chi connectivity index (χ3v) is 3.59. The van der Waals surface area contributed by atoms with Crippen molar-refractivity contribution in [1.29, 1.82) is 0 Å². The summed E-state index contributed by atoms with van der Waals surface area (Å²) in [5.74, 6) is -0.424. The molecule has 5 heteroatoms. The molecule has 0 radical (unpaired) electrons. The Morgan fingerprint density at radius 2 is 1.67 bits per heavy atom. The van der Waals surface area contributed by atoms with Crippen molar-refractivity contribution in [3.05, 3.63) is 64.6 Å². The van der Waals surface area contributed by atoms with E-state index in [1.165, 1.54) is 4.90 Å². The lowest BCUT2D eigenvalue weighted by Gasteiger charge is -2.17. The fourth-order valence-electron chi connectivity index (χ4n) is 1.84. The molecule has 1 N–H and O–H groups in total. The number of carbonyl (C=O) groups excluding carboxylic acids is 2. The first kappa shape index (κ1) is 15.3. The predicted octanol–water partition coefficient (Wildman–Crippen LogP) is 3.16. The summed E-state index contributed by atoms with van der Waals surface area (Å²) in [6, 6.07) is 16.2. The number of likely N-dealkylation sites (N-methyl/N-ethyl adjacent to an activating group) is 1. The number of amides is 2. The van der Waals surface area contributed by atoms with Crippen LogP contribution >= 0.6 is 15.9 Å². The van der Waals surface area contributed by atoms with Crippen LogP contribution in [-0.4, -0.2) is 30.3 Å². The van der Waals surface area contributed by atoms with Gasteiger partial charge in [-0.2, -0.15) is 0 Å². The minimum Gasteiger partial charge on any atom is -0.332 e. The van der Waals surface area contributed by atoms with Crippen molar-refractivity contribution in [2.45, 2.75) is 0 Å². The van der Waals surface area contributed by atoms with Crippen LogP contribution in [0.15, 0.2) is 59.1 Å². The molecule has 0 unspecified atom stereocenters. The van der Waals surface area contributed by atoms with E-state index in [0.717, 1.165) is 4.47 Å². The number of para-hydroxylation sites is 1. The molecule has 2 aromatic carbocycles. The lowest BCUT2D eigenvalue weighted by atomic mass is 10.2. The molecule has 0 fully saturated rings. The van der Waals surface area contributed by atoms with E-state index in [0.29, 0.717) is 11.3 Å². The van der Waals surface area contributed by atoms with Crippen molar-refractivity contribution in [3.8, 4) is 0 Å². The van der Waals surface area contributed by atoms with Crippen LogP contribution in [-0.2, 0) is 4.79 Å². The SMILES string of the molecule is CN(CC(=O)Nc1ccccc1Br)C(=O)c1ccccc1. The number of halogens is 1. The highest BCUT2D eigenvalue weighted by molar-refractivity contribution is 9.10. The fraction of sp³-hybridized carbons (Fsp3) is 0.125. The molecule has 0 saturated heterocycles. The van der Waals surface area contributed by atoms with Crippen molar-refractivity contribution in [2.24, 2.45) is 0 Å². The van der Waals surface area contributed by atoms with Crippen molar-refractivity contribution in [3.63, 3.8) is 0 Å². The number of carbonyl (C=O) groups is 2. The van der Waals surface area contributed by atoms with Gasteiger partial charge < -0.3 is 10.2 Å². The summed E-state index contributed by atoms with van der Waals surface area (Å²) in [6.45, 7) is -0.00490. The maximum atomic E-state index is 12.1. The van der Waals surface area contributed by atoms with Crippen LogP contribution in [0.3, 0.4) is 0 Å². The van der Waals surface area contributed by atoms with Crippen LogP contribution in [0.1, 0.15) is 10.4 Å². The van der Waals surface area contributed by atoms with E-state index in [-0.39, 0.29) is 18.4 Å². The Bertz CT molecular complexity index is 644. The van der Waals surface area contributed by atoms with Gasteiger partial charge in [0.25, 0.3) is 5.91 Å². The average molecular weight is 347 g/mol. The monoisotopic (exact) mass is 346 g/mol. The highest BCUT2D eigenvalue weighted by atomic mass is 79.9. The van der Waals surface area contributed by atoms with E-state index in [4.69, 9.17) is 0 Å². The molecule has 21 heavy (non-hydrogen) atoms. The van der Waals surface area contributed by atoms with Gasteiger partial charge >= 0.3 is 0 Å².